The normalized spacial score (nSPS) is 13.9. The second-order valence-electron chi connectivity index (χ2n) is 8.20. The number of carbonyl (C=O) groups is 3. The monoisotopic (exact) mass is 442 g/mol. The molecule has 8 heteroatoms. The highest BCUT2D eigenvalue weighted by Crippen LogP contribution is 2.28. The molecule has 1 rings (SSSR count). The predicted octanol–water partition coefficient (Wildman–Crippen LogP) is 4.54. The van der Waals surface area contributed by atoms with E-state index in [1.54, 1.807) is 65.8 Å². The highest BCUT2D eigenvalue weighted by atomic mass is 79.9. The van der Waals surface area contributed by atoms with Gasteiger partial charge >= 0.3 is 12.2 Å². The second kappa shape index (κ2) is 8.29. The first-order valence-electron chi connectivity index (χ1n) is 8.43. The van der Waals surface area contributed by atoms with Gasteiger partial charge in [-0.2, -0.15) is 5.01 Å². The third kappa shape index (κ3) is 6.86. The molecule has 0 saturated carbocycles. The number of benzene rings is 1. The summed E-state index contributed by atoms with van der Waals surface area (Å²) in [5, 5.41) is 0.850. The van der Waals surface area contributed by atoms with Gasteiger partial charge < -0.3 is 14.3 Å². The molecule has 0 saturated heterocycles. The van der Waals surface area contributed by atoms with Crippen molar-refractivity contribution in [2.24, 2.45) is 0 Å². The summed E-state index contributed by atoms with van der Waals surface area (Å²) in [6, 6.07) is 6.81. The van der Waals surface area contributed by atoms with Gasteiger partial charge in [0.1, 0.15) is 16.7 Å². The molecular weight excluding hydrogens is 416 g/mol. The number of amides is 2. The summed E-state index contributed by atoms with van der Waals surface area (Å²) < 4.78 is 11.4. The third-order valence-electron chi connectivity index (χ3n) is 3.30. The molecular formula is C19H27BrN2O5. The lowest BCUT2D eigenvalue weighted by atomic mass is 9.93. The van der Waals surface area contributed by atoms with Gasteiger partial charge in [0.15, 0.2) is 6.29 Å². The summed E-state index contributed by atoms with van der Waals surface area (Å²) in [6.07, 6.45) is -1.19. The molecule has 2 amide bonds. The molecule has 0 radical (unpaired) electrons. The molecule has 0 fully saturated rings. The smallest absolute Gasteiger partial charge is 0.430 e. The molecule has 150 valence electrons. The summed E-state index contributed by atoms with van der Waals surface area (Å²) in [4.78, 5) is 37.1. The summed E-state index contributed by atoms with van der Waals surface area (Å²) in [6.45, 7) is 11.6. The van der Waals surface area contributed by atoms with Gasteiger partial charge in [0.2, 0.25) is 0 Å². The van der Waals surface area contributed by atoms with Gasteiger partial charge in [-0.15, -0.1) is 0 Å². The Bertz CT molecular complexity index is 692. The van der Waals surface area contributed by atoms with Crippen LogP contribution in [-0.4, -0.2) is 34.7 Å². The molecule has 0 aliphatic carbocycles. The fourth-order valence-electron chi connectivity index (χ4n) is 2.09. The van der Waals surface area contributed by atoms with E-state index >= 15 is 0 Å². The van der Waals surface area contributed by atoms with Crippen molar-refractivity contribution in [2.75, 3.05) is 0 Å². The minimum atomic E-state index is -1.51. The summed E-state index contributed by atoms with van der Waals surface area (Å²) in [7, 11) is 0. The maximum Gasteiger partial charge on any atom is 0.430 e. The first-order chi connectivity index (χ1) is 12.2. The number of aldehydes is 1. The van der Waals surface area contributed by atoms with Gasteiger partial charge in [-0.3, -0.25) is 0 Å². The minimum Gasteiger partial charge on any atom is -0.443 e. The Morgan fingerprint density at radius 2 is 1.44 bits per heavy atom. The molecule has 0 aromatic heterocycles. The van der Waals surface area contributed by atoms with Crippen molar-refractivity contribution in [1.29, 1.82) is 0 Å². The predicted molar refractivity (Wildman–Crippen MR) is 105 cm³/mol. The molecule has 0 spiro atoms. The topological polar surface area (TPSA) is 84.9 Å². The Hall–Kier alpha value is -2.09. The largest absolute Gasteiger partial charge is 0.443 e. The second-order valence-corrected chi connectivity index (χ2v) is 9.12. The molecule has 27 heavy (non-hydrogen) atoms. The van der Waals surface area contributed by atoms with Crippen LogP contribution in [0.2, 0.25) is 0 Å². The standard InChI is InChI=1S/C19H27BrN2O5/c1-17(2,3)26-15(24)21-22(16(25)27-18(4,5)6)19(7,12-23)13-8-10-14(20)11-9-13/h8-12H,1-7H3,(H,21,24). The first kappa shape index (κ1) is 23.0. The van der Waals surface area contributed by atoms with Gasteiger partial charge in [0, 0.05) is 4.47 Å². The molecule has 1 atom stereocenters. The number of nitrogens with one attached hydrogen (secondary N) is 1. The number of ether oxygens (including phenoxy) is 2. The van der Waals surface area contributed by atoms with E-state index in [9.17, 15) is 14.4 Å². The van der Waals surface area contributed by atoms with Crippen LogP contribution < -0.4 is 5.43 Å². The van der Waals surface area contributed by atoms with Crippen LogP contribution in [0.3, 0.4) is 0 Å². The SMILES string of the molecule is CC(C)(C)OC(=O)NN(C(=O)OC(C)(C)C)C(C)(C=O)c1ccc(Br)cc1. The van der Waals surface area contributed by atoms with Crippen LogP contribution in [0.25, 0.3) is 0 Å². The minimum absolute atomic E-state index is 0.489. The number of rotatable bonds is 3. The number of hydrazine groups is 1. The number of hydrogen-bond donors (Lipinski definition) is 1. The average molecular weight is 443 g/mol. The van der Waals surface area contributed by atoms with Crippen molar-refractivity contribution in [3.8, 4) is 0 Å². The van der Waals surface area contributed by atoms with Gasteiger partial charge in [0.05, 0.1) is 0 Å². The lowest BCUT2D eigenvalue weighted by Gasteiger charge is -2.38. The quantitative estimate of drug-likeness (QED) is 0.548. The highest BCUT2D eigenvalue weighted by Gasteiger charge is 2.41. The van der Waals surface area contributed by atoms with Crippen molar-refractivity contribution < 1.29 is 23.9 Å². The maximum atomic E-state index is 12.8. The maximum absolute atomic E-state index is 12.8. The molecule has 0 aliphatic heterocycles. The van der Waals surface area contributed by atoms with Crippen LogP contribution in [0.1, 0.15) is 54.0 Å². The fraction of sp³-hybridized carbons (Fsp3) is 0.526. The van der Waals surface area contributed by atoms with Gasteiger partial charge in [0.25, 0.3) is 0 Å². The van der Waals surface area contributed by atoms with Crippen molar-refractivity contribution in [3.63, 3.8) is 0 Å². The summed E-state index contributed by atoms with van der Waals surface area (Å²) >= 11 is 3.33. The van der Waals surface area contributed by atoms with E-state index in [1.165, 1.54) is 6.92 Å². The zero-order valence-electron chi connectivity index (χ0n) is 16.8. The molecule has 1 unspecified atom stereocenters. The molecule has 1 aromatic rings. The molecule has 1 aromatic carbocycles. The number of nitrogens with zero attached hydrogens (tertiary/aromatic N) is 1. The Labute approximate surface area is 168 Å². The molecule has 1 N–H and O–H groups in total. The highest BCUT2D eigenvalue weighted by molar-refractivity contribution is 9.10. The van der Waals surface area contributed by atoms with E-state index in [-0.39, 0.29) is 0 Å². The van der Waals surface area contributed by atoms with Crippen LogP contribution in [0.15, 0.2) is 28.7 Å². The lowest BCUT2D eigenvalue weighted by Crippen LogP contribution is -2.59. The van der Waals surface area contributed by atoms with E-state index in [4.69, 9.17) is 9.47 Å². The Balaban J connectivity index is 3.31. The van der Waals surface area contributed by atoms with Gasteiger partial charge in [-0.05, 0) is 66.2 Å². The fourth-order valence-corrected chi connectivity index (χ4v) is 2.35. The van der Waals surface area contributed by atoms with Crippen molar-refractivity contribution in [1.82, 2.24) is 10.4 Å². The third-order valence-corrected chi connectivity index (χ3v) is 3.83. The Morgan fingerprint density at radius 1 is 0.963 bits per heavy atom. The number of hydrogen-bond acceptors (Lipinski definition) is 5. The molecule has 7 nitrogen and oxygen atoms in total. The van der Waals surface area contributed by atoms with E-state index in [0.29, 0.717) is 11.8 Å². The van der Waals surface area contributed by atoms with Gasteiger partial charge in [-0.25, -0.2) is 15.0 Å². The van der Waals surface area contributed by atoms with E-state index in [2.05, 4.69) is 21.4 Å². The van der Waals surface area contributed by atoms with Crippen LogP contribution in [0.5, 0.6) is 0 Å². The number of carbonyl (C=O) groups excluding carboxylic acids is 3. The zero-order chi connectivity index (χ0) is 21.0. The Kier molecular flexibility index (Phi) is 7.05. The van der Waals surface area contributed by atoms with E-state index < -0.39 is 28.9 Å². The van der Waals surface area contributed by atoms with Crippen LogP contribution in [0.4, 0.5) is 9.59 Å². The molecule has 0 bridgehead atoms. The van der Waals surface area contributed by atoms with Crippen LogP contribution in [0, 0.1) is 0 Å². The summed E-state index contributed by atoms with van der Waals surface area (Å²) in [5.41, 5.74) is -0.274. The van der Waals surface area contributed by atoms with E-state index in [1.807, 2.05) is 0 Å². The van der Waals surface area contributed by atoms with Crippen LogP contribution >= 0.6 is 15.9 Å². The summed E-state index contributed by atoms with van der Waals surface area (Å²) in [5.74, 6) is 0. The average Bonchev–Trinajstić information content (AvgIpc) is 2.49. The molecule has 0 aliphatic rings. The van der Waals surface area contributed by atoms with E-state index in [0.717, 1.165) is 9.48 Å². The Morgan fingerprint density at radius 3 is 1.85 bits per heavy atom. The zero-order valence-corrected chi connectivity index (χ0v) is 18.3. The van der Waals surface area contributed by atoms with Crippen molar-refractivity contribution >= 4 is 34.4 Å². The van der Waals surface area contributed by atoms with Crippen molar-refractivity contribution in [3.05, 3.63) is 34.3 Å². The van der Waals surface area contributed by atoms with Crippen molar-refractivity contribution in [2.45, 2.75) is 65.2 Å². The first-order valence-corrected chi connectivity index (χ1v) is 9.22. The van der Waals surface area contributed by atoms with Gasteiger partial charge in [-0.1, -0.05) is 28.1 Å². The van der Waals surface area contributed by atoms with Crippen LogP contribution in [-0.2, 0) is 19.8 Å². The molecule has 0 heterocycles. The lowest BCUT2D eigenvalue weighted by molar-refractivity contribution is -0.120. The number of halogens is 1.